The van der Waals surface area contributed by atoms with Crippen LogP contribution in [0.3, 0.4) is 0 Å². The van der Waals surface area contributed by atoms with E-state index in [4.69, 9.17) is 4.74 Å². The van der Waals surface area contributed by atoms with Crippen molar-refractivity contribution in [3.05, 3.63) is 0 Å². The number of carbonyl (C=O) groups excluding carboxylic acids is 1. The summed E-state index contributed by atoms with van der Waals surface area (Å²) in [6.07, 6.45) is 1.74. The molecule has 0 aromatic carbocycles. The van der Waals surface area contributed by atoms with Crippen LogP contribution < -0.4 is 5.32 Å². The summed E-state index contributed by atoms with van der Waals surface area (Å²) in [4.78, 5) is 12.1. The molecule has 20 heavy (non-hydrogen) atoms. The fourth-order valence-electron chi connectivity index (χ4n) is 3.07. The van der Waals surface area contributed by atoms with Gasteiger partial charge in [0.1, 0.15) is 0 Å². The number of carbonyl (C=O) groups is 1. The maximum Gasteiger partial charge on any atom is 0.226 e. The Morgan fingerprint density at radius 3 is 2.60 bits per heavy atom. The molecule has 2 aliphatic heterocycles. The van der Waals surface area contributed by atoms with Gasteiger partial charge in [-0.15, -0.1) is 0 Å². The molecule has 3 atom stereocenters. The molecule has 0 aromatic rings. The number of sulfonamides is 1. The van der Waals surface area contributed by atoms with Crippen LogP contribution in [-0.2, 0) is 19.6 Å². The van der Waals surface area contributed by atoms with E-state index >= 15 is 0 Å². The molecule has 1 saturated carbocycles. The second kappa shape index (κ2) is 4.96. The molecule has 2 bridgehead atoms. The van der Waals surface area contributed by atoms with E-state index in [1.54, 1.807) is 4.31 Å². The van der Waals surface area contributed by atoms with Crippen LogP contribution in [-0.4, -0.2) is 55.2 Å². The third-order valence-electron chi connectivity index (χ3n) is 4.20. The van der Waals surface area contributed by atoms with Crippen molar-refractivity contribution in [1.29, 1.82) is 0 Å². The number of amides is 1. The highest BCUT2D eigenvalue weighted by Crippen LogP contribution is 2.37. The standard InChI is InChI=1S/C13H22N2O4S/c1-8(2)14-13(16)11-5-9-6-15(7-12(11)19-9)20(17,18)10-3-4-10/h8-12H,3-7H2,1-2H3,(H,14,16)/t9-,11+,12-/m0/s1. The van der Waals surface area contributed by atoms with Crippen molar-refractivity contribution in [3.8, 4) is 0 Å². The Morgan fingerprint density at radius 2 is 2.00 bits per heavy atom. The van der Waals surface area contributed by atoms with E-state index in [2.05, 4.69) is 5.32 Å². The zero-order valence-corrected chi connectivity index (χ0v) is 12.7. The number of morpholine rings is 1. The molecule has 1 aliphatic carbocycles. The molecule has 2 heterocycles. The number of fused-ring (bicyclic) bond motifs is 2. The predicted octanol–water partition coefficient (Wildman–Crippen LogP) is 0.0925. The third kappa shape index (κ3) is 2.58. The summed E-state index contributed by atoms with van der Waals surface area (Å²) in [6, 6.07) is 0.0919. The van der Waals surface area contributed by atoms with E-state index in [1.165, 1.54) is 0 Å². The van der Waals surface area contributed by atoms with E-state index in [9.17, 15) is 13.2 Å². The lowest BCUT2D eigenvalue weighted by Crippen LogP contribution is -2.49. The third-order valence-corrected chi connectivity index (χ3v) is 6.53. The minimum Gasteiger partial charge on any atom is -0.371 e. The normalized spacial score (nSPS) is 34.5. The Morgan fingerprint density at radius 1 is 1.30 bits per heavy atom. The summed E-state index contributed by atoms with van der Waals surface area (Å²) in [5, 5.41) is 2.71. The van der Waals surface area contributed by atoms with Gasteiger partial charge >= 0.3 is 0 Å². The number of nitrogens with one attached hydrogen (secondary N) is 1. The van der Waals surface area contributed by atoms with Crippen LogP contribution >= 0.6 is 0 Å². The SMILES string of the molecule is CC(C)NC(=O)[C@@H]1C[C@H]2CN(S(=O)(=O)C3CC3)C[C@@H]1O2. The average molecular weight is 302 g/mol. The average Bonchev–Trinajstić information content (AvgIpc) is 3.15. The molecule has 0 spiro atoms. The molecule has 3 aliphatic rings. The topological polar surface area (TPSA) is 75.7 Å². The molecule has 0 aromatic heterocycles. The maximum atomic E-state index is 12.3. The molecule has 114 valence electrons. The summed E-state index contributed by atoms with van der Waals surface area (Å²) < 4.78 is 31.9. The van der Waals surface area contributed by atoms with Crippen LogP contribution in [0, 0.1) is 5.92 Å². The van der Waals surface area contributed by atoms with Crippen LogP contribution in [0.25, 0.3) is 0 Å². The van der Waals surface area contributed by atoms with Crippen LogP contribution in [0.15, 0.2) is 0 Å². The number of hydrogen-bond acceptors (Lipinski definition) is 4. The first-order chi connectivity index (χ1) is 9.38. The lowest BCUT2D eigenvalue weighted by molar-refractivity contribution is -0.127. The minimum absolute atomic E-state index is 0.0156. The monoisotopic (exact) mass is 302 g/mol. The minimum atomic E-state index is -3.17. The Balaban J connectivity index is 1.69. The first-order valence-electron chi connectivity index (χ1n) is 7.32. The zero-order valence-electron chi connectivity index (χ0n) is 11.9. The number of rotatable bonds is 4. The predicted molar refractivity (Wildman–Crippen MR) is 73.6 cm³/mol. The fourth-order valence-corrected chi connectivity index (χ4v) is 4.96. The lowest BCUT2D eigenvalue weighted by atomic mass is 9.99. The second-order valence-electron chi connectivity index (χ2n) is 6.36. The van der Waals surface area contributed by atoms with Gasteiger partial charge in [0, 0.05) is 19.1 Å². The van der Waals surface area contributed by atoms with Gasteiger partial charge in [-0.05, 0) is 33.1 Å². The molecule has 7 heteroatoms. The lowest BCUT2D eigenvalue weighted by Gasteiger charge is -2.32. The smallest absolute Gasteiger partial charge is 0.226 e. The molecule has 3 rings (SSSR count). The molecule has 6 nitrogen and oxygen atoms in total. The van der Waals surface area contributed by atoms with E-state index in [1.807, 2.05) is 13.8 Å². The number of nitrogens with zero attached hydrogens (tertiary/aromatic N) is 1. The van der Waals surface area contributed by atoms with Gasteiger partial charge in [0.2, 0.25) is 15.9 Å². The van der Waals surface area contributed by atoms with Crippen molar-refractivity contribution < 1.29 is 17.9 Å². The van der Waals surface area contributed by atoms with Gasteiger partial charge in [-0.1, -0.05) is 0 Å². The second-order valence-corrected chi connectivity index (χ2v) is 8.58. The summed E-state index contributed by atoms with van der Waals surface area (Å²) >= 11 is 0. The van der Waals surface area contributed by atoms with Gasteiger partial charge in [0.05, 0.1) is 23.4 Å². The molecule has 1 N–H and O–H groups in total. The molecular weight excluding hydrogens is 280 g/mol. The molecular formula is C13H22N2O4S. The van der Waals surface area contributed by atoms with E-state index < -0.39 is 10.0 Å². The van der Waals surface area contributed by atoms with Crippen LogP contribution in [0.4, 0.5) is 0 Å². The van der Waals surface area contributed by atoms with Crippen molar-refractivity contribution in [2.24, 2.45) is 5.92 Å². The van der Waals surface area contributed by atoms with Crippen molar-refractivity contribution in [2.75, 3.05) is 13.1 Å². The Hall–Kier alpha value is -0.660. The van der Waals surface area contributed by atoms with Crippen molar-refractivity contribution in [2.45, 2.75) is 56.6 Å². The highest BCUT2D eigenvalue weighted by atomic mass is 32.2. The quantitative estimate of drug-likeness (QED) is 0.799. The molecule has 3 fully saturated rings. The molecule has 2 saturated heterocycles. The highest BCUT2D eigenvalue weighted by molar-refractivity contribution is 7.90. The first-order valence-corrected chi connectivity index (χ1v) is 8.83. The van der Waals surface area contributed by atoms with Gasteiger partial charge in [-0.25, -0.2) is 8.42 Å². The van der Waals surface area contributed by atoms with E-state index in [0.29, 0.717) is 19.5 Å². The van der Waals surface area contributed by atoms with Crippen LogP contribution in [0.5, 0.6) is 0 Å². The van der Waals surface area contributed by atoms with Crippen molar-refractivity contribution in [1.82, 2.24) is 9.62 Å². The maximum absolute atomic E-state index is 12.3. The fraction of sp³-hybridized carbons (Fsp3) is 0.923. The van der Waals surface area contributed by atoms with Crippen molar-refractivity contribution in [3.63, 3.8) is 0 Å². The van der Waals surface area contributed by atoms with Gasteiger partial charge < -0.3 is 10.1 Å². The van der Waals surface area contributed by atoms with Gasteiger partial charge in [0.15, 0.2) is 0 Å². The Labute approximate surface area is 119 Å². The van der Waals surface area contributed by atoms with Gasteiger partial charge in [0.25, 0.3) is 0 Å². The number of ether oxygens (including phenoxy) is 1. The largest absolute Gasteiger partial charge is 0.371 e. The summed E-state index contributed by atoms with van der Waals surface area (Å²) in [5.74, 6) is -0.236. The number of hydrogen-bond donors (Lipinski definition) is 1. The Bertz CT molecular complexity index is 501. The van der Waals surface area contributed by atoms with Gasteiger partial charge in [-0.3, -0.25) is 4.79 Å². The zero-order chi connectivity index (χ0) is 14.5. The van der Waals surface area contributed by atoms with Crippen LogP contribution in [0.1, 0.15) is 33.1 Å². The van der Waals surface area contributed by atoms with Crippen molar-refractivity contribution >= 4 is 15.9 Å². The molecule has 1 amide bonds. The van der Waals surface area contributed by atoms with Crippen LogP contribution in [0.2, 0.25) is 0 Å². The Kier molecular flexibility index (Phi) is 3.54. The highest BCUT2D eigenvalue weighted by Gasteiger charge is 2.50. The molecule has 0 unspecified atom stereocenters. The summed E-state index contributed by atoms with van der Waals surface area (Å²) in [6.45, 7) is 4.57. The van der Waals surface area contributed by atoms with E-state index in [0.717, 1.165) is 12.8 Å². The molecule has 0 radical (unpaired) electrons. The van der Waals surface area contributed by atoms with Gasteiger partial charge in [-0.2, -0.15) is 4.31 Å². The summed E-state index contributed by atoms with van der Waals surface area (Å²) in [5.41, 5.74) is 0. The summed E-state index contributed by atoms with van der Waals surface area (Å²) in [7, 11) is -3.17. The first kappa shape index (κ1) is 14.3. The van der Waals surface area contributed by atoms with E-state index in [-0.39, 0.29) is 35.3 Å².